The van der Waals surface area contributed by atoms with Gasteiger partial charge in [-0.2, -0.15) is 5.26 Å². The van der Waals surface area contributed by atoms with E-state index in [4.69, 9.17) is 11.0 Å². The van der Waals surface area contributed by atoms with Crippen molar-refractivity contribution in [3.8, 4) is 17.2 Å². The fraction of sp³-hybridized carbons (Fsp3) is 0.500. The number of hydrogen-bond donors (Lipinski definition) is 1. The fourth-order valence-electron chi connectivity index (χ4n) is 3.67. The van der Waals surface area contributed by atoms with Gasteiger partial charge < -0.3 is 10.3 Å². The molecule has 150 valence electrons. The van der Waals surface area contributed by atoms with Gasteiger partial charge in [-0.3, -0.25) is 4.79 Å². The first-order chi connectivity index (χ1) is 13.2. The van der Waals surface area contributed by atoms with Crippen molar-refractivity contribution in [2.45, 2.75) is 73.3 Å². The number of rotatable bonds is 8. The van der Waals surface area contributed by atoms with Gasteiger partial charge in [-0.15, -0.1) is 0 Å². The van der Waals surface area contributed by atoms with Crippen molar-refractivity contribution in [2.75, 3.05) is 0 Å². The lowest BCUT2D eigenvalue weighted by Gasteiger charge is -2.21. The molecule has 0 saturated carbocycles. The lowest BCUT2D eigenvalue weighted by atomic mass is 9.92. The van der Waals surface area contributed by atoms with E-state index < -0.39 is 0 Å². The Hall–Kier alpha value is -2.54. The topological polar surface area (TPSA) is 71.8 Å². The number of carbonyl (C=O) groups is 1. The van der Waals surface area contributed by atoms with Crippen LogP contribution in [0.25, 0.3) is 11.1 Å². The maximum absolute atomic E-state index is 12.4. The highest BCUT2D eigenvalue weighted by Gasteiger charge is 2.25. The number of unbranched alkanes of at least 4 members (excludes halogenated alkanes) is 2. The van der Waals surface area contributed by atoms with E-state index in [2.05, 4.69) is 38.3 Å². The van der Waals surface area contributed by atoms with Crippen LogP contribution in [0.2, 0.25) is 0 Å². The minimum atomic E-state index is -0.386. The number of nitriles is 1. The highest BCUT2D eigenvalue weighted by atomic mass is 16.1. The Labute approximate surface area is 169 Å². The maximum Gasteiger partial charge on any atom is 0.251 e. The van der Waals surface area contributed by atoms with Gasteiger partial charge in [0.2, 0.25) is 0 Å². The van der Waals surface area contributed by atoms with Crippen molar-refractivity contribution in [2.24, 2.45) is 11.1 Å². The third kappa shape index (κ3) is 5.04. The van der Waals surface area contributed by atoms with Gasteiger partial charge in [-0.05, 0) is 49.3 Å². The van der Waals surface area contributed by atoms with E-state index >= 15 is 0 Å². The number of hydrogen-bond acceptors (Lipinski definition) is 2. The van der Waals surface area contributed by atoms with Gasteiger partial charge in [-0.25, -0.2) is 0 Å². The Bertz CT molecular complexity index is 861. The van der Waals surface area contributed by atoms with E-state index in [0.29, 0.717) is 11.1 Å². The third-order valence-corrected chi connectivity index (χ3v) is 5.28. The smallest absolute Gasteiger partial charge is 0.251 e. The van der Waals surface area contributed by atoms with Crippen LogP contribution in [0.4, 0.5) is 0 Å². The molecule has 0 aliphatic rings. The van der Waals surface area contributed by atoms with E-state index in [1.54, 1.807) is 12.1 Å². The Morgan fingerprint density at radius 2 is 1.82 bits per heavy atom. The van der Waals surface area contributed by atoms with E-state index in [9.17, 15) is 4.79 Å². The molecule has 1 aromatic carbocycles. The number of nitrogens with two attached hydrogens (primary N) is 1. The lowest BCUT2D eigenvalue weighted by Crippen LogP contribution is -2.15. The molecule has 4 heteroatoms. The molecule has 2 aromatic rings. The van der Waals surface area contributed by atoms with Crippen LogP contribution >= 0.6 is 0 Å². The second-order valence-corrected chi connectivity index (χ2v) is 8.75. The molecule has 4 nitrogen and oxygen atoms in total. The monoisotopic (exact) mass is 379 g/mol. The molecule has 0 saturated heterocycles. The fourth-order valence-corrected chi connectivity index (χ4v) is 3.67. The molecule has 1 amide bonds. The van der Waals surface area contributed by atoms with E-state index in [1.807, 2.05) is 19.1 Å². The van der Waals surface area contributed by atoms with Gasteiger partial charge in [0.1, 0.15) is 0 Å². The molecule has 0 aliphatic heterocycles. The summed E-state index contributed by atoms with van der Waals surface area (Å²) in [5.74, 6) is -0.386. The Morgan fingerprint density at radius 1 is 1.18 bits per heavy atom. The van der Waals surface area contributed by atoms with Crippen molar-refractivity contribution in [1.29, 1.82) is 5.26 Å². The number of amides is 1. The molecule has 2 rings (SSSR count). The van der Waals surface area contributed by atoms with Gasteiger partial charge in [0.05, 0.1) is 17.2 Å². The van der Waals surface area contributed by atoms with Crippen LogP contribution < -0.4 is 5.73 Å². The van der Waals surface area contributed by atoms with Gasteiger partial charge >= 0.3 is 0 Å². The van der Waals surface area contributed by atoms with Gasteiger partial charge in [-0.1, -0.05) is 52.7 Å². The zero-order valence-electron chi connectivity index (χ0n) is 17.9. The first-order valence-corrected chi connectivity index (χ1v) is 10.2. The molecule has 1 heterocycles. The molecule has 1 aromatic heterocycles. The first kappa shape index (κ1) is 21.8. The van der Waals surface area contributed by atoms with Crippen molar-refractivity contribution >= 4 is 5.91 Å². The van der Waals surface area contributed by atoms with Gasteiger partial charge in [0, 0.05) is 23.5 Å². The predicted molar refractivity (Wildman–Crippen MR) is 115 cm³/mol. The molecule has 0 bridgehead atoms. The minimum Gasteiger partial charge on any atom is -0.366 e. The number of primary amides is 1. The van der Waals surface area contributed by atoms with Gasteiger partial charge in [0.15, 0.2) is 0 Å². The quantitative estimate of drug-likeness (QED) is 0.606. The molecule has 0 spiro atoms. The summed E-state index contributed by atoms with van der Waals surface area (Å²) in [6.07, 6.45) is 5.32. The molecule has 2 N–H and O–H groups in total. The number of nitrogens with zero attached hydrogens (tertiary/aromatic N) is 2. The standard InChI is InChI=1S/C24H33N3O/c1-6-7-8-9-20-22(19-12-10-18(16-25)11-13-19)21(23(26)28)17(2)27(20)15-14-24(3,4)5/h10-13H,6-9,14-15H2,1-5H3,(H2,26,28). The average Bonchev–Trinajstić information content (AvgIpc) is 2.91. The average molecular weight is 380 g/mol. The molecular formula is C24H33N3O. The van der Waals surface area contributed by atoms with Crippen LogP contribution in [0.3, 0.4) is 0 Å². The molecule has 0 unspecified atom stereocenters. The van der Waals surface area contributed by atoms with E-state index in [0.717, 1.165) is 55.5 Å². The van der Waals surface area contributed by atoms with Gasteiger partial charge in [0.25, 0.3) is 5.91 Å². The van der Waals surface area contributed by atoms with Crippen molar-refractivity contribution in [3.05, 3.63) is 46.8 Å². The van der Waals surface area contributed by atoms with Crippen LogP contribution in [-0.2, 0) is 13.0 Å². The summed E-state index contributed by atoms with van der Waals surface area (Å²) in [6, 6.07) is 9.62. The summed E-state index contributed by atoms with van der Waals surface area (Å²) >= 11 is 0. The normalized spacial score (nSPS) is 11.4. The predicted octanol–water partition coefficient (Wildman–Crippen LogP) is 5.60. The second kappa shape index (κ2) is 9.10. The van der Waals surface area contributed by atoms with Crippen LogP contribution in [-0.4, -0.2) is 10.5 Å². The summed E-state index contributed by atoms with van der Waals surface area (Å²) in [4.78, 5) is 12.4. The van der Waals surface area contributed by atoms with Crippen molar-refractivity contribution in [3.63, 3.8) is 0 Å². The summed E-state index contributed by atoms with van der Waals surface area (Å²) in [5, 5.41) is 9.11. The summed E-state index contributed by atoms with van der Waals surface area (Å²) in [6.45, 7) is 11.8. The summed E-state index contributed by atoms with van der Waals surface area (Å²) in [5.41, 5.74) is 11.3. The Kier molecular flexibility index (Phi) is 7.07. The Morgan fingerprint density at radius 3 is 2.32 bits per heavy atom. The molecule has 0 aliphatic carbocycles. The Balaban J connectivity index is 2.63. The van der Waals surface area contributed by atoms with Crippen LogP contribution in [0.15, 0.2) is 24.3 Å². The first-order valence-electron chi connectivity index (χ1n) is 10.2. The second-order valence-electron chi connectivity index (χ2n) is 8.75. The van der Waals surface area contributed by atoms with E-state index in [-0.39, 0.29) is 11.3 Å². The highest BCUT2D eigenvalue weighted by Crippen LogP contribution is 2.35. The number of carbonyl (C=O) groups excluding carboxylic acids is 1. The zero-order chi connectivity index (χ0) is 20.9. The highest BCUT2D eigenvalue weighted by molar-refractivity contribution is 6.02. The SMILES string of the molecule is CCCCCc1c(-c2ccc(C#N)cc2)c(C(N)=O)c(C)n1CCC(C)(C)C. The third-order valence-electron chi connectivity index (χ3n) is 5.28. The molecular weight excluding hydrogens is 346 g/mol. The van der Waals surface area contributed by atoms with Crippen LogP contribution in [0.5, 0.6) is 0 Å². The summed E-state index contributed by atoms with van der Waals surface area (Å²) < 4.78 is 2.30. The molecule has 0 fully saturated rings. The maximum atomic E-state index is 12.4. The summed E-state index contributed by atoms with van der Waals surface area (Å²) in [7, 11) is 0. The molecule has 0 radical (unpaired) electrons. The largest absolute Gasteiger partial charge is 0.366 e. The van der Waals surface area contributed by atoms with Crippen LogP contribution in [0.1, 0.15) is 80.7 Å². The van der Waals surface area contributed by atoms with Crippen molar-refractivity contribution in [1.82, 2.24) is 4.57 Å². The van der Waals surface area contributed by atoms with Crippen molar-refractivity contribution < 1.29 is 4.79 Å². The zero-order valence-corrected chi connectivity index (χ0v) is 17.9. The molecule has 28 heavy (non-hydrogen) atoms. The number of aromatic nitrogens is 1. The molecule has 0 atom stereocenters. The lowest BCUT2D eigenvalue weighted by molar-refractivity contribution is 0.1000. The van der Waals surface area contributed by atoms with Crippen LogP contribution in [0, 0.1) is 23.7 Å². The number of benzene rings is 1. The minimum absolute atomic E-state index is 0.207. The van der Waals surface area contributed by atoms with E-state index in [1.165, 1.54) is 5.69 Å².